The maximum absolute atomic E-state index is 14.1. The van der Waals surface area contributed by atoms with Crippen molar-refractivity contribution in [3.63, 3.8) is 0 Å². The topological polar surface area (TPSA) is 64.9 Å². The van der Waals surface area contributed by atoms with Gasteiger partial charge in [0.25, 0.3) is 0 Å². The van der Waals surface area contributed by atoms with Gasteiger partial charge in [-0.3, -0.25) is 4.98 Å². The molecule has 0 saturated heterocycles. The van der Waals surface area contributed by atoms with Crippen molar-refractivity contribution in [1.82, 2.24) is 10.1 Å². The lowest BCUT2D eigenvalue weighted by molar-refractivity contribution is 0.439. The van der Waals surface area contributed by atoms with Crippen LogP contribution in [0.2, 0.25) is 0 Å². The van der Waals surface area contributed by atoms with Crippen molar-refractivity contribution in [3.8, 4) is 22.4 Å². The molecule has 2 heterocycles. The molecule has 0 saturated carbocycles. The summed E-state index contributed by atoms with van der Waals surface area (Å²) in [5.74, 6) is -0.253. The molecule has 4 nitrogen and oxygen atoms in total. The van der Waals surface area contributed by atoms with E-state index in [0.717, 1.165) is 5.56 Å². The van der Waals surface area contributed by atoms with Crippen LogP contribution in [-0.2, 0) is 0 Å². The summed E-state index contributed by atoms with van der Waals surface area (Å²) in [6, 6.07) is 8.27. The number of hydrogen-bond acceptors (Lipinski definition) is 4. The van der Waals surface area contributed by atoms with E-state index in [1.54, 1.807) is 36.7 Å². The summed E-state index contributed by atoms with van der Waals surface area (Å²) in [5.41, 5.74) is 7.85. The van der Waals surface area contributed by atoms with Gasteiger partial charge < -0.3 is 10.3 Å². The van der Waals surface area contributed by atoms with E-state index in [4.69, 9.17) is 10.3 Å². The van der Waals surface area contributed by atoms with Crippen molar-refractivity contribution < 1.29 is 8.91 Å². The smallest absolute Gasteiger partial charge is 0.230 e. The molecule has 0 spiro atoms. The second-order valence-electron chi connectivity index (χ2n) is 4.13. The molecular weight excluding hydrogens is 325 g/mol. The first-order chi connectivity index (χ1) is 9.66. The summed E-state index contributed by atoms with van der Waals surface area (Å²) in [5, 5.41) is 3.88. The standard InChI is InChI=1S/C14H9BrFN3O/c15-9-1-2-10(11(16)7-9)13-12(14(17)20-19-13)8-3-5-18-6-4-8/h1-7H,17H2. The monoisotopic (exact) mass is 333 g/mol. The summed E-state index contributed by atoms with van der Waals surface area (Å²) in [7, 11) is 0. The van der Waals surface area contributed by atoms with Gasteiger partial charge in [0.15, 0.2) is 0 Å². The van der Waals surface area contributed by atoms with Crippen LogP contribution in [0, 0.1) is 5.82 Å². The summed E-state index contributed by atoms with van der Waals surface area (Å²) in [6.45, 7) is 0. The molecule has 0 bridgehead atoms. The predicted molar refractivity (Wildman–Crippen MR) is 77.2 cm³/mol. The number of nitrogens with two attached hydrogens (primary N) is 1. The summed E-state index contributed by atoms with van der Waals surface area (Å²) in [4.78, 5) is 3.94. The molecule has 0 unspecified atom stereocenters. The van der Waals surface area contributed by atoms with Gasteiger partial charge in [-0.05, 0) is 35.9 Å². The first-order valence-corrected chi connectivity index (χ1v) is 6.57. The van der Waals surface area contributed by atoms with E-state index >= 15 is 0 Å². The Labute approximate surface area is 122 Å². The third-order valence-corrected chi connectivity index (χ3v) is 3.37. The van der Waals surface area contributed by atoms with E-state index in [0.29, 0.717) is 21.3 Å². The lowest BCUT2D eigenvalue weighted by Crippen LogP contribution is -1.90. The molecule has 0 amide bonds. The quantitative estimate of drug-likeness (QED) is 0.772. The van der Waals surface area contributed by atoms with Crippen molar-refractivity contribution in [2.45, 2.75) is 0 Å². The second-order valence-corrected chi connectivity index (χ2v) is 5.05. The Kier molecular flexibility index (Phi) is 3.23. The minimum absolute atomic E-state index is 0.147. The Bertz CT molecular complexity index is 758. The highest BCUT2D eigenvalue weighted by Gasteiger charge is 2.19. The molecule has 0 atom stereocenters. The van der Waals surface area contributed by atoms with Crippen molar-refractivity contribution in [1.29, 1.82) is 0 Å². The Hall–Kier alpha value is -2.21. The number of nitrogens with zero attached hydrogens (tertiary/aromatic N) is 2. The summed E-state index contributed by atoms with van der Waals surface area (Å²) in [6.07, 6.45) is 3.26. The van der Waals surface area contributed by atoms with Gasteiger partial charge in [0.2, 0.25) is 5.88 Å². The van der Waals surface area contributed by atoms with E-state index in [1.165, 1.54) is 6.07 Å². The second kappa shape index (κ2) is 5.05. The van der Waals surface area contributed by atoms with Crippen molar-refractivity contribution in [2.24, 2.45) is 0 Å². The van der Waals surface area contributed by atoms with E-state index in [2.05, 4.69) is 26.1 Å². The summed E-state index contributed by atoms with van der Waals surface area (Å²) < 4.78 is 19.7. The number of aromatic nitrogens is 2. The van der Waals surface area contributed by atoms with E-state index < -0.39 is 5.82 Å². The fourth-order valence-electron chi connectivity index (χ4n) is 1.97. The van der Waals surface area contributed by atoms with Gasteiger partial charge in [-0.1, -0.05) is 21.1 Å². The van der Waals surface area contributed by atoms with Crippen LogP contribution in [0.3, 0.4) is 0 Å². The number of hydrogen-bond donors (Lipinski definition) is 1. The largest absolute Gasteiger partial charge is 0.367 e. The van der Waals surface area contributed by atoms with Crippen molar-refractivity contribution >= 4 is 21.8 Å². The van der Waals surface area contributed by atoms with E-state index in [1.807, 2.05) is 0 Å². The Morgan fingerprint density at radius 3 is 2.60 bits per heavy atom. The normalized spacial score (nSPS) is 10.7. The maximum Gasteiger partial charge on any atom is 0.230 e. The zero-order valence-corrected chi connectivity index (χ0v) is 11.8. The maximum atomic E-state index is 14.1. The SMILES string of the molecule is Nc1onc(-c2ccc(Br)cc2F)c1-c1ccncc1. The lowest BCUT2D eigenvalue weighted by atomic mass is 10.0. The van der Waals surface area contributed by atoms with Gasteiger partial charge in [-0.2, -0.15) is 0 Å². The van der Waals surface area contributed by atoms with Crippen LogP contribution < -0.4 is 5.73 Å². The van der Waals surface area contributed by atoms with E-state index in [-0.39, 0.29) is 5.88 Å². The number of rotatable bonds is 2. The molecular formula is C14H9BrFN3O. The predicted octanol–water partition coefficient (Wildman–Crippen LogP) is 3.89. The molecule has 3 aromatic rings. The van der Waals surface area contributed by atoms with Gasteiger partial charge >= 0.3 is 0 Å². The average molecular weight is 334 g/mol. The zero-order chi connectivity index (χ0) is 14.1. The minimum Gasteiger partial charge on any atom is -0.367 e. The van der Waals surface area contributed by atoms with Gasteiger partial charge in [-0.15, -0.1) is 0 Å². The first-order valence-electron chi connectivity index (χ1n) is 5.78. The molecule has 0 aliphatic carbocycles. The van der Waals surface area contributed by atoms with Gasteiger partial charge in [0.05, 0.1) is 5.56 Å². The molecule has 0 aliphatic rings. The molecule has 20 heavy (non-hydrogen) atoms. The van der Waals surface area contributed by atoms with Gasteiger partial charge in [0.1, 0.15) is 11.5 Å². The van der Waals surface area contributed by atoms with Crippen molar-refractivity contribution in [2.75, 3.05) is 5.73 Å². The molecule has 0 fully saturated rings. The molecule has 3 rings (SSSR count). The Balaban J connectivity index is 2.21. The van der Waals surface area contributed by atoms with Crippen LogP contribution in [0.25, 0.3) is 22.4 Å². The Morgan fingerprint density at radius 2 is 1.90 bits per heavy atom. The first kappa shape index (κ1) is 12.8. The molecule has 6 heteroatoms. The number of benzene rings is 1. The third kappa shape index (κ3) is 2.18. The average Bonchev–Trinajstić information content (AvgIpc) is 2.81. The van der Waals surface area contributed by atoms with Crippen LogP contribution in [0.15, 0.2) is 51.7 Å². The van der Waals surface area contributed by atoms with E-state index in [9.17, 15) is 4.39 Å². The lowest BCUT2D eigenvalue weighted by Gasteiger charge is -2.04. The minimum atomic E-state index is -0.400. The third-order valence-electron chi connectivity index (χ3n) is 2.87. The molecule has 100 valence electrons. The van der Waals surface area contributed by atoms with Gasteiger partial charge in [0, 0.05) is 22.4 Å². The van der Waals surface area contributed by atoms with Crippen LogP contribution >= 0.6 is 15.9 Å². The molecule has 0 radical (unpaired) electrons. The zero-order valence-electron chi connectivity index (χ0n) is 10.2. The Morgan fingerprint density at radius 1 is 1.15 bits per heavy atom. The highest BCUT2D eigenvalue weighted by atomic mass is 79.9. The highest BCUT2D eigenvalue weighted by Crippen LogP contribution is 2.37. The fourth-order valence-corrected chi connectivity index (χ4v) is 2.30. The highest BCUT2D eigenvalue weighted by molar-refractivity contribution is 9.10. The molecule has 0 aliphatic heterocycles. The fraction of sp³-hybridized carbons (Fsp3) is 0. The van der Waals surface area contributed by atoms with Crippen LogP contribution in [0.4, 0.5) is 10.3 Å². The molecule has 2 aromatic heterocycles. The van der Waals surface area contributed by atoms with Crippen LogP contribution in [0.5, 0.6) is 0 Å². The number of anilines is 1. The molecule has 1 aromatic carbocycles. The number of halogens is 2. The summed E-state index contributed by atoms with van der Waals surface area (Å²) >= 11 is 3.22. The van der Waals surface area contributed by atoms with Gasteiger partial charge in [-0.25, -0.2) is 4.39 Å². The van der Waals surface area contributed by atoms with Crippen molar-refractivity contribution in [3.05, 3.63) is 53.0 Å². The van der Waals surface area contributed by atoms with Crippen LogP contribution in [-0.4, -0.2) is 10.1 Å². The number of pyridine rings is 1. The van der Waals surface area contributed by atoms with Crippen LogP contribution in [0.1, 0.15) is 0 Å². The number of nitrogen functional groups attached to an aromatic ring is 1. The molecule has 2 N–H and O–H groups in total.